The Hall–Kier alpha value is -0.840. The van der Waals surface area contributed by atoms with Crippen molar-refractivity contribution in [1.29, 1.82) is 0 Å². The van der Waals surface area contributed by atoms with Gasteiger partial charge in [-0.25, -0.2) is 9.37 Å². The molecular weight excluding hydrogens is 300 g/mol. The second kappa shape index (κ2) is 5.51. The van der Waals surface area contributed by atoms with Crippen LogP contribution in [0.4, 0.5) is 4.39 Å². The number of likely N-dealkylation sites (N-methyl/N-ethyl adjacent to an activating group) is 1. The van der Waals surface area contributed by atoms with E-state index in [1.807, 2.05) is 0 Å². The van der Waals surface area contributed by atoms with Gasteiger partial charge in [-0.1, -0.05) is 11.6 Å². The third-order valence-electron chi connectivity index (χ3n) is 4.05. The van der Waals surface area contributed by atoms with Crippen molar-refractivity contribution in [2.45, 2.75) is 31.3 Å². The molecule has 108 valence electrons. The van der Waals surface area contributed by atoms with Crippen LogP contribution in [0.5, 0.6) is 0 Å². The van der Waals surface area contributed by atoms with Crippen LogP contribution in [-0.2, 0) is 12.4 Å². The van der Waals surface area contributed by atoms with Gasteiger partial charge in [0.15, 0.2) is 0 Å². The summed E-state index contributed by atoms with van der Waals surface area (Å²) in [6.45, 7) is 1.93. The van der Waals surface area contributed by atoms with E-state index in [-0.39, 0.29) is 5.02 Å². The van der Waals surface area contributed by atoms with Gasteiger partial charge in [0.1, 0.15) is 11.6 Å². The summed E-state index contributed by atoms with van der Waals surface area (Å²) in [5, 5.41) is 0.125. The summed E-state index contributed by atoms with van der Waals surface area (Å²) in [6.07, 6.45) is 2.37. The summed E-state index contributed by atoms with van der Waals surface area (Å²) < 4.78 is 15.6. The Balaban J connectivity index is 2.05. The minimum absolute atomic E-state index is 0.125. The number of nitrogens with zero attached hydrogens (tertiary/aromatic N) is 3. The Morgan fingerprint density at radius 1 is 1.45 bits per heavy atom. The molecule has 1 aliphatic heterocycles. The van der Waals surface area contributed by atoms with E-state index < -0.39 is 5.82 Å². The van der Waals surface area contributed by atoms with Gasteiger partial charge in [0.2, 0.25) is 0 Å². The number of fused-ring (bicyclic) bond motifs is 1. The van der Waals surface area contributed by atoms with Crippen LogP contribution in [0.25, 0.3) is 11.0 Å². The zero-order chi connectivity index (χ0) is 14.3. The number of likely N-dealkylation sites (tertiary alicyclic amines) is 1. The maximum Gasteiger partial charge on any atom is 0.144 e. The van der Waals surface area contributed by atoms with Gasteiger partial charge >= 0.3 is 0 Å². The first-order valence-corrected chi connectivity index (χ1v) is 7.61. The lowest BCUT2D eigenvalue weighted by Crippen LogP contribution is -2.29. The first kappa shape index (κ1) is 14.1. The Bertz CT molecular complexity index is 641. The van der Waals surface area contributed by atoms with Gasteiger partial charge in [-0.05, 0) is 32.5 Å². The smallest absolute Gasteiger partial charge is 0.144 e. The molecule has 1 atom stereocenters. The molecule has 0 radical (unpaired) electrons. The van der Waals surface area contributed by atoms with E-state index in [9.17, 15) is 4.39 Å². The van der Waals surface area contributed by atoms with E-state index in [0.29, 0.717) is 17.4 Å². The van der Waals surface area contributed by atoms with Gasteiger partial charge in [0, 0.05) is 18.7 Å². The predicted molar refractivity (Wildman–Crippen MR) is 79.9 cm³/mol. The zero-order valence-corrected chi connectivity index (χ0v) is 12.8. The lowest BCUT2D eigenvalue weighted by atomic mass is 10.2. The minimum Gasteiger partial charge on any atom is -0.325 e. The molecule has 1 aliphatic rings. The van der Waals surface area contributed by atoms with Gasteiger partial charge in [-0.15, -0.1) is 11.6 Å². The van der Waals surface area contributed by atoms with Crippen molar-refractivity contribution in [3.8, 4) is 0 Å². The van der Waals surface area contributed by atoms with Crippen LogP contribution in [0.2, 0.25) is 5.02 Å². The van der Waals surface area contributed by atoms with Crippen LogP contribution in [0.1, 0.15) is 18.7 Å². The topological polar surface area (TPSA) is 21.1 Å². The average molecular weight is 316 g/mol. The van der Waals surface area contributed by atoms with Gasteiger partial charge in [0.05, 0.1) is 21.9 Å². The van der Waals surface area contributed by atoms with Crippen molar-refractivity contribution in [3.05, 3.63) is 28.8 Å². The Morgan fingerprint density at radius 3 is 2.90 bits per heavy atom. The van der Waals surface area contributed by atoms with Crippen molar-refractivity contribution in [2.75, 3.05) is 13.6 Å². The first-order valence-electron chi connectivity index (χ1n) is 6.70. The molecular formula is C14H16Cl2FN3. The third-order valence-corrected chi connectivity index (χ3v) is 4.58. The Morgan fingerprint density at radius 2 is 2.25 bits per heavy atom. The number of alkyl halides is 1. The third kappa shape index (κ3) is 2.41. The highest BCUT2D eigenvalue weighted by atomic mass is 35.5. The highest BCUT2D eigenvalue weighted by Crippen LogP contribution is 2.26. The number of benzene rings is 1. The summed E-state index contributed by atoms with van der Waals surface area (Å²) in [4.78, 5) is 6.76. The molecule has 3 rings (SSSR count). The number of rotatable bonds is 3. The van der Waals surface area contributed by atoms with E-state index in [4.69, 9.17) is 23.2 Å². The summed E-state index contributed by atoms with van der Waals surface area (Å²) in [5.41, 5.74) is 1.47. The van der Waals surface area contributed by atoms with Crippen LogP contribution in [0, 0.1) is 5.82 Å². The van der Waals surface area contributed by atoms with Crippen molar-refractivity contribution >= 4 is 34.2 Å². The monoisotopic (exact) mass is 315 g/mol. The van der Waals surface area contributed by atoms with E-state index >= 15 is 0 Å². The standard InChI is InChI=1S/C14H16Cl2FN3/c1-19-4-2-3-9(19)8-20-13-5-10(16)11(17)6-12(13)18-14(20)7-15/h5-6,9H,2-4,7-8H2,1H3. The molecule has 1 fully saturated rings. The van der Waals surface area contributed by atoms with Crippen LogP contribution in [-0.4, -0.2) is 34.1 Å². The molecule has 2 aromatic rings. The van der Waals surface area contributed by atoms with E-state index in [2.05, 4.69) is 21.5 Å². The van der Waals surface area contributed by atoms with E-state index in [1.165, 1.54) is 12.5 Å². The fourth-order valence-electron chi connectivity index (χ4n) is 2.90. The summed E-state index contributed by atoms with van der Waals surface area (Å²) in [5.74, 6) is 0.635. The predicted octanol–water partition coefficient (Wildman–Crippen LogP) is 3.66. The van der Waals surface area contributed by atoms with Crippen LogP contribution >= 0.6 is 23.2 Å². The van der Waals surface area contributed by atoms with Crippen LogP contribution in [0.3, 0.4) is 0 Å². The highest BCUT2D eigenvalue weighted by Gasteiger charge is 2.23. The highest BCUT2D eigenvalue weighted by molar-refractivity contribution is 6.31. The van der Waals surface area contributed by atoms with Crippen molar-refractivity contribution in [2.24, 2.45) is 0 Å². The Kier molecular flexibility index (Phi) is 3.89. The molecule has 0 spiro atoms. The second-order valence-corrected chi connectivity index (χ2v) is 5.98. The average Bonchev–Trinajstić information content (AvgIpc) is 2.96. The maximum atomic E-state index is 13.5. The maximum absolute atomic E-state index is 13.5. The number of imidazole rings is 1. The van der Waals surface area contributed by atoms with Gasteiger partial charge in [-0.2, -0.15) is 0 Å². The molecule has 6 heteroatoms. The largest absolute Gasteiger partial charge is 0.325 e. The van der Waals surface area contributed by atoms with E-state index in [0.717, 1.165) is 30.9 Å². The fraction of sp³-hybridized carbons (Fsp3) is 0.500. The normalized spacial score (nSPS) is 20.1. The van der Waals surface area contributed by atoms with Crippen LogP contribution < -0.4 is 0 Å². The fourth-order valence-corrected chi connectivity index (χ4v) is 3.26. The van der Waals surface area contributed by atoms with Gasteiger partial charge in [-0.3, -0.25) is 0 Å². The molecule has 1 aromatic carbocycles. The number of hydrogen-bond donors (Lipinski definition) is 0. The molecule has 2 heterocycles. The molecule has 0 bridgehead atoms. The molecule has 3 nitrogen and oxygen atoms in total. The molecule has 0 aliphatic carbocycles. The van der Waals surface area contributed by atoms with Gasteiger partial charge < -0.3 is 9.47 Å². The molecule has 1 aromatic heterocycles. The Labute approximate surface area is 127 Å². The lowest BCUT2D eigenvalue weighted by Gasteiger charge is -2.21. The van der Waals surface area contributed by atoms with Crippen molar-refractivity contribution in [3.63, 3.8) is 0 Å². The minimum atomic E-state index is -0.442. The molecule has 20 heavy (non-hydrogen) atoms. The summed E-state index contributed by atoms with van der Waals surface area (Å²) >= 11 is 11.9. The quantitative estimate of drug-likeness (QED) is 0.806. The van der Waals surface area contributed by atoms with Gasteiger partial charge in [0.25, 0.3) is 0 Å². The second-order valence-electron chi connectivity index (χ2n) is 5.30. The first-order chi connectivity index (χ1) is 9.60. The summed E-state index contributed by atoms with van der Waals surface area (Å²) in [6, 6.07) is 3.49. The van der Waals surface area contributed by atoms with Crippen LogP contribution in [0.15, 0.2) is 12.1 Å². The summed E-state index contributed by atoms with van der Waals surface area (Å²) in [7, 11) is 2.13. The lowest BCUT2D eigenvalue weighted by molar-refractivity contribution is 0.282. The molecule has 0 amide bonds. The molecule has 1 unspecified atom stereocenters. The molecule has 0 saturated carbocycles. The number of hydrogen-bond acceptors (Lipinski definition) is 2. The SMILES string of the molecule is CN1CCCC1Cn1c(CCl)nc2cc(F)c(Cl)cc21. The molecule has 0 N–H and O–H groups in total. The van der Waals surface area contributed by atoms with Crippen molar-refractivity contribution < 1.29 is 4.39 Å². The zero-order valence-electron chi connectivity index (χ0n) is 11.2. The van der Waals surface area contributed by atoms with Crippen molar-refractivity contribution in [1.82, 2.24) is 14.5 Å². The van der Waals surface area contributed by atoms with E-state index in [1.54, 1.807) is 6.07 Å². The molecule has 1 saturated heterocycles. The number of aromatic nitrogens is 2. The number of halogens is 3.